The summed E-state index contributed by atoms with van der Waals surface area (Å²) in [4.78, 5) is 24.4. The molecule has 0 bridgehead atoms. The van der Waals surface area contributed by atoms with Crippen molar-refractivity contribution in [2.24, 2.45) is 17.8 Å². The van der Waals surface area contributed by atoms with Crippen LogP contribution in [0.5, 0.6) is 0 Å². The molecule has 3 rings (SSSR count). The normalized spacial score (nSPS) is 14.8. The Morgan fingerprint density at radius 2 is 1.60 bits per heavy atom. The van der Waals surface area contributed by atoms with E-state index in [1.54, 1.807) is 6.92 Å². The van der Waals surface area contributed by atoms with Crippen molar-refractivity contribution < 1.29 is 9.59 Å². The number of benzene rings is 2. The summed E-state index contributed by atoms with van der Waals surface area (Å²) in [7, 11) is 0. The molecule has 0 saturated carbocycles. The van der Waals surface area contributed by atoms with Crippen molar-refractivity contribution in [1.29, 1.82) is 0 Å². The van der Waals surface area contributed by atoms with Crippen LogP contribution in [0.25, 0.3) is 0 Å². The number of fused-ring (bicyclic) bond motifs is 1. The van der Waals surface area contributed by atoms with Gasteiger partial charge in [-0.1, -0.05) is 121 Å². The molecule has 0 N–H and O–H groups in total. The Hall–Kier alpha value is -2.20. The summed E-state index contributed by atoms with van der Waals surface area (Å²) in [6, 6.07) is 13.1. The van der Waals surface area contributed by atoms with Gasteiger partial charge in [0.05, 0.1) is 6.54 Å². The molecular weight excluding hydrogens is 558 g/mol. The van der Waals surface area contributed by atoms with Gasteiger partial charge in [0, 0.05) is 28.5 Å². The lowest BCUT2D eigenvalue weighted by Crippen LogP contribution is -2.28. The Bertz CT molecular complexity index is 1100. The van der Waals surface area contributed by atoms with Gasteiger partial charge < -0.3 is 4.90 Å². The Kier molecular flexibility index (Phi) is 15.7. The molecular formula is C36H54BrNO2. The molecule has 40 heavy (non-hydrogen) atoms. The molecule has 0 spiro atoms. The van der Waals surface area contributed by atoms with E-state index in [1.807, 2.05) is 13.8 Å². The summed E-state index contributed by atoms with van der Waals surface area (Å²) in [5.74, 6) is 3.13. The molecule has 2 aromatic rings. The predicted molar refractivity (Wildman–Crippen MR) is 178 cm³/mol. The second kappa shape index (κ2) is 17.6. The maximum atomic E-state index is 11.8. The lowest BCUT2D eigenvalue weighted by atomic mass is 9.85. The molecule has 222 valence electrons. The summed E-state index contributed by atoms with van der Waals surface area (Å²) < 4.78 is 1.11. The van der Waals surface area contributed by atoms with Crippen LogP contribution in [0.4, 0.5) is 5.69 Å². The number of carbonyl (C=O) groups is 2. The van der Waals surface area contributed by atoms with E-state index in [0.29, 0.717) is 18.4 Å². The molecule has 0 aliphatic carbocycles. The van der Waals surface area contributed by atoms with Crippen LogP contribution in [-0.2, 0) is 9.59 Å². The van der Waals surface area contributed by atoms with Crippen molar-refractivity contribution in [1.82, 2.24) is 0 Å². The van der Waals surface area contributed by atoms with Gasteiger partial charge in [-0.25, -0.2) is 0 Å². The molecule has 1 aliphatic rings. The van der Waals surface area contributed by atoms with Crippen molar-refractivity contribution in [3.8, 4) is 0 Å². The van der Waals surface area contributed by atoms with Gasteiger partial charge in [-0.05, 0) is 72.1 Å². The Morgan fingerprint density at radius 1 is 1.00 bits per heavy atom. The van der Waals surface area contributed by atoms with E-state index in [0.717, 1.165) is 22.9 Å². The van der Waals surface area contributed by atoms with Crippen molar-refractivity contribution in [3.05, 3.63) is 75.8 Å². The first-order valence-electron chi connectivity index (χ1n) is 15.1. The van der Waals surface area contributed by atoms with Crippen molar-refractivity contribution in [3.63, 3.8) is 0 Å². The highest BCUT2D eigenvalue weighted by Crippen LogP contribution is 2.45. The van der Waals surface area contributed by atoms with E-state index in [1.165, 1.54) is 53.3 Å². The van der Waals surface area contributed by atoms with Gasteiger partial charge >= 0.3 is 0 Å². The monoisotopic (exact) mass is 611 g/mol. The first-order chi connectivity index (χ1) is 18.8. The first-order valence-corrected chi connectivity index (χ1v) is 15.9. The molecule has 4 heteroatoms. The van der Waals surface area contributed by atoms with E-state index < -0.39 is 0 Å². The summed E-state index contributed by atoms with van der Waals surface area (Å²) in [6.07, 6.45) is 5.40. The third kappa shape index (κ3) is 10.3. The number of hydrogen-bond acceptors (Lipinski definition) is 3. The Morgan fingerprint density at radius 3 is 2.02 bits per heavy atom. The summed E-state index contributed by atoms with van der Waals surface area (Å²) in [6.45, 7) is 25.9. The van der Waals surface area contributed by atoms with E-state index in [9.17, 15) is 9.59 Å². The topological polar surface area (TPSA) is 37.4 Å². The molecule has 0 amide bonds. The molecule has 3 nitrogen and oxygen atoms in total. The van der Waals surface area contributed by atoms with Crippen LogP contribution in [0, 0.1) is 24.7 Å². The van der Waals surface area contributed by atoms with Gasteiger partial charge in [-0.2, -0.15) is 0 Å². The molecule has 0 fully saturated rings. The largest absolute Gasteiger partial charge is 0.363 e. The minimum Gasteiger partial charge on any atom is -0.363 e. The fourth-order valence-corrected chi connectivity index (χ4v) is 6.15. The molecule has 0 radical (unpaired) electrons. The van der Waals surface area contributed by atoms with Gasteiger partial charge in [0.2, 0.25) is 0 Å². The predicted octanol–water partition coefficient (Wildman–Crippen LogP) is 10.3. The Labute approximate surface area is 254 Å². The summed E-state index contributed by atoms with van der Waals surface area (Å²) in [5, 5.41) is 0. The van der Waals surface area contributed by atoms with Crippen LogP contribution in [0.2, 0.25) is 0 Å². The van der Waals surface area contributed by atoms with E-state index in [2.05, 4.69) is 112 Å². The van der Waals surface area contributed by atoms with Crippen LogP contribution < -0.4 is 4.90 Å². The number of Topliss-reactive ketones (excluding diaryl/α,β-unsaturated/α-hetero) is 1. The van der Waals surface area contributed by atoms with Gasteiger partial charge in [-0.3, -0.25) is 9.59 Å². The number of allylic oxidation sites excluding steroid dienone is 1. The average Bonchev–Trinajstić information content (AvgIpc) is 3.26. The second-order valence-electron chi connectivity index (χ2n) is 11.8. The number of ketones is 2. The highest BCUT2D eigenvalue weighted by Gasteiger charge is 2.33. The molecule has 1 aliphatic heterocycles. The van der Waals surface area contributed by atoms with Gasteiger partial charge in [0.25, 0.3) is 0 Å². The summed E-state index contributed by atoms with van der Waals surface area (Å²) in [5.41, 5.74) is 6.58. The second-order valence-corrected chi connectivity index (χ2v) is 12.7. The van der Waals surface area contributed by atoms with Crippen LogP contribution in [0.3, 0.4) is 0 Å². The zero-order valence-electron chi connectivity index (χ0n) is 26.8. The van der Waals surface area contributed by atoms with Crippen LogP contribution in [0.15, 0.2) is 53.5 Å². The van der Waals surface area contributed by atoms with Gasteiger partial charge in [0.15, 0.2) is 5.78 Å². The van der Waals surface area contributed by atoms with Crippen LogP contribution in [-0.4, -0.2) is 24.7 Å². The molecule has 2 unspecified atom stereocenters. The minimum atomic E-state index is 0.109. The number of halogens is 1. The van der Waals surface area contributed by atoms with Crippen molar-refractivity contribution in [2.75, 3.05) is 18.0 Å². The quantitative estimate of drug-likeness (QED) is 0.251. The first kappa shape index (κ1) is 35.8. The molecule has 0 aromatic heterocycles. The van der Waals surface area contributed by atoms with E-state index in [-0.39, 0.29) is 17.5 Å². The van der Waals surface area contributed by atoms with E-state index >= 15 is 0 Å². The maximum absolute atomic E-state index is 11.8. The molecule has 0 saturated heterocycles. The van der Waals surface area contributed by atoms with Gasteiger partial charge in [0.1, 0.15) is 5.78 Å². The van der Waals surface area contributed by atoms with Crippen molar-refractivity contribution >= 4 is 33.2 Å². The number of anilines is 1. The Balaban J connectivity index is 0.000000413. The fraction of sp³-hybridized carbons (Fsp3) is 0.556. The highest BCUT2D eigenvalue weighted by molar-refractivity contribution is 9.10. The minimum absolute atomic E-state index is 0.109. The number of rotatable bonds is 10. The zero-order chi connectivity index (χ0) is 30.6. The SMILES string of the molecule is C=CC(=O)C(C)C.CC(=O)CN1CC(c2ccccc2C(C)C)c2cc(Br)cc(C)c21.CCC(C)C(CC)CC. The third-order valence-corrected chi connectivity index (χ3v) is 8.52. The zero-order valence-corrected chi connectivity index (χ0v) is 28.4. The summed E-state index contributed by atoms with van der Waals surface area (Å²) >= 11 is 3.65. The third-order valence-electron chi connectivity index (χ3n) is 8.06. The average molecular weight is 613 g/mol. The van der Waals surface area contributed by atoms with Crippen molar-refractivity contribution in [2.45, 2.75) is 100 Å². The van der Waals surface area contributed by atoms with E-state index in [4.69, 9.17) is 0 Å². The number of aryl methyl sites for hydroxylation is 1. The molecule has 2 atom stereocenters. The maximum Gasteiger partial charge on any atom is 0.157 e. The van der Waals surface area contributed by atoms with Crippen LogP contribution >= 0.6 is 15.9 Å². The smallest absolute Gasteiger partial charge is 0.157 e. The standard InChI is InChI=1S/C21H24BrNO.C9H20.C6H10O/c1-13(2)17-7-5-6-8-18(17)20-12-23(11-15(4)24)21-14(3)9-16(22)10-19(20)21;1-5-8(4)9(6-2)7-3;1-4-6(7)5(2)3/h5-10,13,20H,11-12H2,1-4H3;8-9H,5-7H2,1-4H3;4-5H,1H2,2-3H3. The fourth-order valence-electron chi connectivity index (χ4n) is 5.56. The molecule has 2 aromatic carbocycles. The van der Waals surface area contributed by atoms with Gasteiger partial charge in [-0.15, -0.1) is 0 Å². The number of hydrogen-bond donors (Lipinski definition) is 0. The lowest BCUT2D eigenvalue weighted by Gasteiger charge is -2.21. The lowest BCUT2D eigenvalue weighted by molar-refractivity contribution is -0.117. The highest BCUT2D eigenvalue weighted by atomic mass is 79.9. The number of nitrogens with zero attached hydrogens (tertiary/aromatic N) is 1. The van der Waals surface area contributed by atoms with Crippen LogP contribution in [0.1, 0.15) is 116 Å². The number of carbonyl (C=O) groups excluding carboxylic acids is 2. The molecule has 1 heterocycles.